The van der Waals surface area contributed by atoms with Gasteiger partial charge in [-0.05, 0) is 51.3 Å². The molecular weight excluding hydrogens is 290 g/mol. The summed E-state index contributed by atoms with van der Waals surface area (Å²) in [6.07, 6.45) is 1.30. The number of nitrogens with one attached hydrogen (secondary N) is 1. The van der Waals surface area contributed by atoms with Gasteiger partial charge in [-0.1, -0.05) is 0 Å². The van der Waals surface area contributed by atoms with E-state index in [2.05, 4.69) is 5.32 Å². The summed E-state index contributed by atoms with van der Waals surface area (Å²) in [6, 6.07) is 7.43. The van der Waals surface area contributed by atoms with Crippen molar-refractivity contribution >= 4 is 23.6 Å². The van der Waals surface area contributed by atoms with Crippen LogP contribution in [-0.2, 0) is 9.59 Å². The average Bonchev–Trinajstić information content (AvgIpc) is 2.45. The highest BCUT2D eigenvalue weighted by atomic mass is 32.2. The maximum Gasteiger partial charge on any atom is 0.310 e. The molecule has 5 nitrogen and oxygen atoms in total. The first-order valence-electron chi connectivity index (χ1n) is 6.58. The Hall–Kier alpha value is -1.69. The van der Waals surface area contributed by atoms with Gasteiger partial charge in [-0.3, -0.25) is 9.59 Å². The number of carbonyl (C=O) groups is 2. The van der Waals surface area contributed by atoms with Gasteiger partial charge in [0.2, 0.25) is 0 Å². The molecule has 0 saturated heterocycles. The number of benzene rings is 1. The Labute approximate surface area is 129 Å². The van der Waals surface area contributed by atoms with Crippen molar-refractivity contribution in [3.05, 3.63) is 24.3 Å². The van der Waals surface area contributed by atoms with E-state index < -0.39 is 17.5 Å². The second kappa shape index (κ2) is 7.36. The second-order valence-electron chi connectivity index (χ2n) is 5.34. The van der Waals surface area contributed by atoms with Crippen LogP contribution >= 0.6 is 11.8 Å². The van der Waals surface area contributed by atoms with Crippen LogP contribution in [0.1, 0.15) is 20.8 Å². The number of hydrogen-bond donors (Lipinski definition) is 2. The molecule has 116 valence electrons. The summed E-state index contributed by atoms with van der Waals surface area (Å²) in [7, 11) is 0. The molecule has 0 aliphatic carbocycles. The fourth-order valence-corrected chi connectivity index (χ4v) is 1.85. The fraction of sp³-hybridized carbons (Fsp3) is 0.467. The predicted molar refractivity (Wildman–Crippen MR) is 82.7 cm³/mol. The normalized spacial score (nSPS) is 12.6. The minimum absolute atomic E-state index is 0.0558. The molecule has 0 fully saturated rings. The van der Waals surface area contributed by atoms with Gasteiger partial charge < -0.3 is 15.2 Å². The zero-order valence-electron chi connectivity index (χ0n) is 12.7. The SMILES string of the molecule is CSc1ccc(OC(C)C(=O)NCC(C)(C)C(=O)O)cc1. The first-order chi connectivity index (χ1) is 9.76. The maximum absolute atomic E-state index is 11.9. The van der Waals surface area contributed by atoms with E-state index >= 15 is 0 Å². The lowest BCUT2D eigenvalue weighted by molar-refractivity contribution is -0.147. The van der Waals surface area contributed by atoms with Crippen LogP contribution in [0.15, 0.2) is 29.2 Å². The lowest BCUT2D eigenvalue weighted by atomic mass is 9.94. The van der Waals surface area contributed by atoms with Crippen molar-refractivity contribution in [2.75, 3.05) is 12.8 Å². The molecule has 2 N–H and O–H groups in total. The van der Waals surface area contributed by atoms with Crippen molar-refractivity contribution in [1.29, 1.82) is 0 Å². The molecule has 0 bridgehead atoms. The largest absolute Gasteiger partial charge is 0.481 e. The average molecular weight is 311 g/mol. The molecule has 6 heteroatoms. The molecule has 1 unspecified atom stereocenters. The van der Waals surface area contributed by atoms with Gasteiger partial charge in [0.05, 0.1) is 5.41 Å². The number of rotatable bonds is 7. The summed E-state index contributed by atoms with van der Waals surface area (Å²) in [6.45, 7) is 4.80. The maximum atomic E-state index is 11.9. The van der Waals surface area contributed by atoms with Gasteiger partial charge in [-0.25, -0.2) is 0 Å². The summed E-state index contributed by atoms with van der Waals surface area (Å²) in [5, 5.41) is 11.6. The zero-order valence-corrected chi connectivity index (χ0v) is 13.5. The number of carboxylic acid groups (broad SMARTS) is 1. The minimum atomic E-state index is -1.00. The predicted octanol–water partition coefficient (Wildman–Crippen LogP) is 2.40. The number of thioether (sulfide) groups is 1. The van der Waals surface area contributed by atoms with Crippen LogP contribution in [0.25, 0.3) is 0 Å². The van der Waals surface area contributed by atoms with Gasteiger partial charge in [0.1, 0.15) is 5.75 Å². The molecule has 1 aromatic rings. The summed E-state index contributed by atoms with van der Waals surface area (Å²) < 4.78 is 5.53. The monoisotopic (exact) mass is 311 g/mol. The van der Waals surface area contributed by atoms with Crippen LogP contribution in [0.3, 0.4) is 0 Å². The van der Waals surface area contributed by atoms with E-state index in [4.69, 9.17) is 9.84 Å². The van der Waals surface area contributed by atoms with Crippen molar-refractivity contribution < 1.29 is 19.4 Å². The minimum Gasteiger partial charge on any atom is -0.481 e. The molecule has 0 saturated carbocycles. The number of carboxylic acids is 1. The van der Waals surface area contributed by atoms with E-state index in [1.165, 1.54) is 0 Å². The van der Waals surface area contributed by atoms with E-state index in [1.54, 1.807) is 44.7 Å². The van der Waals surface area contributed by atoms with E-state index in [0.717, 1.165) is 4.90 Å². The van der Waals surface area contributed by atoms with Crippen LogP contribution in [0, 0.1) is 5.41 Å². The summed E-state index contributed by atoms with van der Waals surface area (Å²) in [4.78, 5) is 24.0. The van der Waals surface area contributed by atoms with Crippen molar-refractivity contribution in [2.24, 2.45) is 5.41 Å². The van der Waals surface area contributed by atoms with E-state index in [0.29, 0.717) is 5.75 Å². The molecular formula is C15H21NO4S. The first kappa shape index (κ1) is 17.4. The molecule has 21 heavy (non-hydrogen) atoms. The zero-order chi connectivity index (χ0) is 16.0. The van der Waals surface area contributed by atoms with Gasteiger partial charge in [0.25, 0.3) is 5.91 Å². The Morgan fingerprint density at radius 3 is 2.38 bits per heavy atom. The van der Waals surface area contributed by atoms with Gasteiger partial charge in [-0.2, -0.15) is 0 Å². The molecule has 0 aromatic heterocycles. The van der Waals surface area contributed by atoms with Crippen LogP contribution in [0.5, 0.6) is 5.75 Å². The Bertz CT molecular complexity index is 499. The standard InChI is InChI=1S/C15H21NO4S/c1-10(13(17)16-9-15(2,3)14(18)19)20-11-5-7-12(21-4)8-6-11/h5-8,10H,9H2,1-4H3,(H,16,17)(H,18,19). The molecule has 1 atom stereocenters. The summed E-state index contributed by atoms with van der Waals surface area (Å²) in [5.74, 6) is -0.685. The van der Waals surface area contributed by atoms with Crippen LogP contribution in [0.2, 0.25) is 0 Å². The number of ether oxygens (including phenoxy) is 1. The topological polar surface area (TPSA) is 75.6 Å². The summed E-state index contributed by atoms with van der Waals surface area (Å²) >= 11 is 1.63. The van der Waals surface area contributed by atoms with E-state index in [-0.39, 0.29) is 12.5 Å². The molecule has 0 aliphatic rings. The Kier molecular flexibility index (Phi) is 6.08. The highest BCUT2D eigenvalue weighted by Crippen LogP contribution is 2.20. The third-order valence-corrected chi connectivity index (χ3v) is 3.77. The van der Waals surface area contributed by atoms with Gasteiger partial charge in [0, 0.05) is 11.4 Å². The molecule has 0 aliphatic heterocycles. The molecule has 1 rings (SSSR count). The first-order valence-corrected chi connectivity index (χ1v) is 7.80. The van der Waals surface area contributed by atoms with E-state index in [9.17, 15) is 9.59 Å². The second-order valence-corrected chi connectivity index (χ2v) is 6.22. The van der Waals surface area contributed by atoms with Crippen LogP contribution in [0.4, 0.5) is 0 Å². The van der Waals surface area contributed by atoms with E-state index in [1.807, 2.05) is 18.4 Å². The van der Waals surface area contributed by atoms with Gasteiger partial charge in [-0.15, -0.1) is 11.8 Å². The Morgan fingerprint density at radius 1 is 1.33 bits per heavy atom. The molecule has 1 aromatic carbocycles. The quantitative estimate of drug-likeness (QED) is 0.756. The number of amides is 1. The number of hydrogen-bond acceptors (Lipinski definition) is 4. The lowest BCUT2D eigenvalue weighted by Crippen LogP contribution is -2.43. The molecule has 1 amide bonds. The Morgan fingerprint density at radius 2 is 1.90 bits per heavy atom. The molecule has 0 heterocycles. The van der Waals surface area contributed by atoms with Gasteiger partial charge >= 0.3 is 5.97 Å². The highest BCUT2D eigenvalue weighted by molar-refractivity contribution is 7.98. The Balaban J connectivity index is 2.52. The number of carbonyl (C=O) groups excluding carboxylic acids is 1. The van der Waals surface area contributed by atoms with Crippen LogP contribution in [-0.4, -0.2) is 35.9 Å². The highest BCUT2D eigenvalue weighted by Gasteiger charge is 2.28. The fourth-order valence-electron chi connectivity index (χ4n) is 1.44. The molecule has 0 radical (unpaired) electrons. The van der Waals surface area contributed by atoms with Crippen LogP contribution < -0.4 is 10.1 Å². The van der Waals surface area contributed by atoms with Crippen molar-refractivity contribution in [2.45, 2.75) is 31.8 Å². The van der Waals surface area contributed by atoms with Crippen molar-refractivity contribution in [1.82, 2.24) is 5.32 Å². The third kappa shape index (κ3) is 5.30. The third-order valence-electron chi connectivity index (χ3n) is 3.03. The summed E-state index contributed by atoms with van der Waals surface area (Å²) in [5.41, 5.74) is -1.00. The lowest BCUT2D eigenvalue weighted by Gasteiger charge is -2.21. The van der Waals surface area contributed by atoms with Crippen molar-refractivity contribution in [3.63, 3.8) is 0 Å². The van der Waals surface area contributed by atoms with Gasteiger partial charge in [0.15, 0.2) is 6.10 Å². The smallest absolute Gasteiger partial charge is 0.310 e. The van der Waals surface area contributed by atoms with Crippen molar-refractivity contribution in [3.8, 4) is 5.75 Å². The number of aliphatic carboxylic acids is 1. The molecule has 0 spiro atoms.